The molecular formula is C7H11NO2. The average molecular weight is 141 g/mol. The van der Waals surface area contributed by atoms with E-state index < -0.39 is 0 Å². The van der Waals surface area contributed by atoms with Gasteiger partial charge in [-0.15, -0.1) is 0 Å². The Labute approximate surface area is 60.1 Å². The molecule has 0 bridgehead atoms. The van der Waals surface area contributed by atoms with Crippen molar-refractivity contribution in [2.75, 3.05) is 13.7 Å². The Bertz CT molecular complexity index is 165. The van der Waals surface area contributed by atoms with Crippen molar-refractivity contribution < 1.29 is 9.53 Å². The quantitative estimate of drug-likeness (QED) is 0.415. The molecule has 1 aliphatic rings. The summed E-state index contributed by atoms with van der Waals surface area (Å²) in [6.45, 7) is 4.49. The highest BCUT2D eigenvalue weighted by Gasteiger charge is 2.24. The highest BCUT2D eigenvalue weighted by atomic mass is 16.5. The summed E-state index contributed by atoms with van der Waals surface area (Å²) in [5.41, 5.74) is 1.07. The molecule has 0 spiro atoms. The van der Waals surface area contributed by atoms with Crippen molar-refractivity contribution in [1.29, 1.82) is 0 Å². The maximum atomic E-state index is 10.8. The molecule has 3 heteroatoms. The van der Waals surface area contributed by atoms with Crippen molar-refractivity contribution >= 4 is 5.97 Å². The van der Waals surface area contributed by atoms with Gasteiger partial charge in [-0.2, -0.15) is 0 Å². The minimum Gasteiger partial charge on any atom is -0.468 e. The molecule has 1 atom stereocenters. The molecular weight excluding hydrogens is 130 g/mol. The van der Waals surface area contributed by atoms with Gasteiger partial charge in [0.1, 0.15) is 6.04 Å². The van der Waals surface area contributed by atoms with Crippen molar-refractivity contribution in [2.24, 2.45) is 0 Å². The molecule has 0 amide bonds. The van der Waals surface area contributed by atoms with Crippen LogP contribution in [0.1, 0.15) is 6.42 Å². The monoisotopic (exact) mass is 141 g/mol. The minimum atomic E-state index is -0.196. The van der Waals surface area contributed by atoms with E-state index in [1.165, 1.54) is 7.11 Å². The zero-order chi connectivity index (χ0) is 7.56. The van der Waals surface area contributed by atoms with E-state index in [4.69, 9.17) is 0 Å². The summed E-state index contributed by atoms with van der Waals surface area (Å²) in [5.74, 6) is -0.196. The number of carbonyl (C=O) groups excluding carboxylic acids is 1. The number of esters is 1. The number of carbonyl (C=O) groups is 1. The predicted molar refractivity (Wildman–Crippen MR) is 37.6 cm³/mol. The highest BCUT2D eigenvalue weighted by Crippen LogP contribution is 2.10. The second-order valence-corrected chi connectivity index (χ2v) is 2.41. The molecule has 0 unspecified atom stereocenters. The van der Waals surface area contributed by atoms with E-state index >= 15 is 0 Å². The van der Waals surface area contributed by atoms with Gasteiger partial charge in [0.25, 0.3) is 0 Å². The molecule has 0 aliphatic carbocycles. The van der Waals surface area contributed by atoms with Gasteiger partial charge in [0, 0.05) is 6.54 Å². The zero-order valence-electron chi connectivity index (χ0n) is 6.02. The zero-order valence-corrected chi connectivity index (χ0v) is 6.02. The molecule has 1 saturated heterocycles. The summed E-state index contributed by atoms with van der Waals surface area (Å²) in [6, 6.07) is -0.155. The molecule has 56 valence electrons. The van der Waals surface area contributed by atoms with Gasteiger partial charge < -0.3 is 10.1 Å². The standard InChI is InChI=1S/C7H11NO2/c1-5-3-6(8-4-5)7(9)10-2/h6,8H,1,3-4H2,2H3/t6-/m1/s1. The highest BCUT2D eigenvalue weighted by molar-refractivity contribution is 5.76. The molecule has 3 nitrogen and oxygen atoms in total. The second kappa shape index (κ2) is 2.84. The van der Waals surface area contributed by atoms with Crippen molar-refractivity contribution in [3.63, 3.8) is 0 Å². The van der Waals surface area contributed by atoms with Gasteiger partial charge >= 0.3 is 5.97 Å². The Morgan fingerprint density at radius 3 is 3.00 bits per heavy atom. The first-order valence-corrected chi connectivity index (χ1v) is 3.22. The first-order valence-electron chi connectivity index (χ1n) is 3.22. The first kappa shape index (κ1) is 7.28. The molecule has 1 aliphatic heterocycles. The van der Waals surface area contributed by atoms with E-state index in [2.05, 4.69) is 16.6 Å². The van der Waals surface area contributed by atoms with E-state index in [0.29, 0.717) is 6.42 Å². The van der Waals surface area contributed by atoms with Crippen LogP contribution in [0.15, 0.2) is 12.2 Å². The summed E-state index contributed by atoms with van der Waals surface area (Å²) in [5, 5.41) is 2.98. The van der Waals surface area contributed by atoms with Crippen LogP contribution >= 0.6 is 0 Å². The number of nitrogens with one attached hydrogen (secondary N) is 1. The topological polar surface area (TPSA) is 38.3 Å². The summed E-state index contributed by atoms with van der Waals surface area (Å²) in [7, 11) is 1.39. The van der Waals surface area contributed by atoms with Crippen LogP contribution in [0.4, 0.5) is 0 Å². The van der Waals surface area contributed by atoms with Crippen LogP contribution in [-0.4, -0.2) is 25.7 Å². The number of hydrogen-bond donors (Lipinski definition) is 1. The molecule has 1 heterocycles. The van der Waals surface area contributed by atoms with Crippen molar-refractivity contribution in [3.8, 4) is 0 Å². The summed E-state index contributed by atoms with van der Waals surface area (Å²) in [4.78, 5) is 10.8. The van der Waals surface area contributed by atoms with Gasteiger partial charge in [-0.3, -0.25) is 4.79 Å². The number of rotatable bonds is 1. The summed E-state index contributed by atoms with van der Waals surface area (Å²) in [6.07, 6.45) is 0.715. The van der Waals surface area contributed by atoms with E-state index in [-0.39, 0.29) is 12.0 Å². The van der Waals surface area contributed by atoms with Crippen LogP contribution in [0.2, 0.25) is 0 Å². The van der Waals surface area contributed by atoms with Crippen LogP contribution in [0, 0.1) is 0 Å². The molecule has 0 aromatic heterocycles. The Morgan fingerprint density at radius 1 is 1.90 bits per heavy atom. The normalized spacial score (nSPS) is 24.9. The molecule has 0 aromatic rings. The third-order valence-corrected chi connectivity index (χ3v) is 1.58. The van der Waals surface area contributed by atoms with Gasteiger partial charge in [-0.05, 0) is 6.42 Å². The Hall–Kier alpha value is -0.830. The molecule has 1 fully saturated rings. The molecule has 10 heavy (non-hydrogen) atoms. The molecule has 0 saturated carbocycles. The van der Waals surface area contributed by atoms with Crippen molar-refractivity contribution in [1.82, 2.24) is 5.32 Å². The van der Waals surface area contributed by atoms with Gasteiger partial charge in [0.05, 0.1) is 7.11 Å². The summed E-state index contributed by atoms with van der Waals surface area (Å²) >= 11 is 0. The lowest BCUT2D eigenvalue weighted by Gasteiger charge is -2.04. The third-order valence-electron chi connectivity index (χ3n) is 1.58. The molecule has 1 rings (SSSR count). The lowest BCUT2D eigenvalue weighted by Crippen LogP contribution is -2.31. The summed E-state index contributed by atoms with van der Waals surface area (Å²) < 4.78 is 4.54. The lowest BCUT2D eigenvalue weighted by molar-refractivity contribution is -0.142. The number of methoxy groups -OCH3 is 1. The maximum Gasteiger partial charge on any atom is 0.323 e. The van der Waals surface area contributed by atoms with Crippen molar-refractivity contribution in [2.45, 2.75) is 12.5 Å². The van der Waals surface area contributed by atoms with Gasteiger partial charge in [0.2, 0.25) is 0 Å². The van der Waals surface area contributed by atoms with Crippen LogP contribution in [0.5, 0.6) is 0 Å². The molecule has 0 radical (unpaired) electrons. The van der Waals surface area contributed by atoms with E-state index in [9.17, 15) is 4.79 Å². The maximum absolute atomic E-state index is 10.8. The predicted octanol–water partition coefficient (Wildman–Crippen LogP) is 0.0775. The van der Waals surface area contributed by atoms with Gasteiger partial charge in [-0.1, -0.05) is 12.2 Å². The van der Waals surface area contributed by atoms with E-state index in [1.54, 1.807) is 0 Å². The Kier molecular flexibility index (Phi) is 2.06. The fourth-order valence-electron chi connectivity index (χ4n) is 1.01. The Balaban J connectivity index is 2.44. The SMILES string of the molecule is C=C1CN[C@@H](C(=O)OC)C1. The fourth-order valence-corrected chi connectivity index (χ4v) is 1.01. The first-order chi connectivity index (χ1) is 4.74. The minimum absolute atomic E-state index is 0.155. The van der Waals surface area contributed by atoms with Crippen LogP contribution in [0.3, 0.4) is 0 Å². The van der Waals surface area contributed by atoms with Crippen LogP contribution in [-0.2, 0) is 9.53 Å². The van der Waals surface area contributed by atoms with Crippen LogP contribution < -0.4 is 5.32 Å². The largest absolute Gasteiger partial charge is 0.468 e. The fraction of sp³-hybridized carbons (Fsp3) is 0.571. The van der Waals surface area contributed by atoms with E-state index in [1.807, 2.05) is 0 Å². The second-order valence-electron chi connectivity index (χ2n) is 2.41. The molecule has 0 aromatic carbocycles. The Morgan fingerprint density at radius 2 is 2.60 bits per heavy atom. The lowest BCUT2D eigenvalue weighted by atomic mass is 10.2. The third kappa shape index (κ3) is 1.36. The number of ether oxygens (including phenoxy) is 1. The van der Waals surface area contributed by atoms with Gasteiger partial charge in [0.15, 0.2) is 0 Å². The molecule has 1 N–H and O–H groups in total. The van der Waals surface area contributed by atoms with Gasteiger partial charge in [-0.25, -0.2) is 0 Å². The smallest absolute Gasteiger partial charge is 0.323 e. The number of hydrogen-bond acceptors (Lipinski definition) is 3. The van der Waals surface area contributed by atoms with Crippen LogP contribution in [0.25, 0.3) is 0 Å². The van der Waals surface area contributed by atoms with E-state index in [0.717, 1.165) is 12.1 Å². The van der Waals surface area contributed by atoms with Crippen molar-refractivity contribution in [3.05, 3.63) is 12.2 Å². The average Bonchev–Trinajstić information content (AvgIpc) is 2.34.